The summed E-state index contributed by atoms with van der Waals surface area (Å²) in [5.41, 5.74) is 0. The second kappa shape index (κ2) is 7.25. The molecule has 1 heterocycles. The van der Waals surface area contributed by atoms with E-state index in [9.17, 15) is 9.90 Å². The Kier molecular flexibility index (Phi) is 5.64. The zero-order chi connectivity index (χ0) is 13.7. The lowest BCUT2D eigenvalue weighted by atomic mass is 9.96. The minimum atomic E-state index is -0.707. The molecule has 1 saturated carbocycles. The first-order valence-corrected chi connectivity index (χ1v) is 7.77. The summed E-state index contributed by atoms with van der Waals surface area (Å²) in [5.74, 6) is -0.301. The van der Waals surface area contributed by atoms with E-state index in [4.69, 9.17) is 4.74 Å². The van der Waals surface area contributed by atoms with Gasteiger partial charge in [-0.1, -0.05) is 32.6 Å². The van der Waals surface area contributed by atoms with E-state index < -0.39 is 5.97 Å². The second-order valence-electron chi connectivity index (χ2n) is 5.99. The van der Waals surface area contributed by atoms with Crippen LogP contribution in [0.15, 0.2) is 0 Å². The van der Waals surface area contributed by atoms with Crippen molar-refractivity contribution in [1.82, 2.24) is 4.90 Å². The van der Waals surface area contributed by atoms with E-state index in [-0.39, 0.29) is 12.0 Å². The SMILES string of the molecule is CCN(CC1CCCCCC1)C1COCC1C(=O)O. The fourth-order valence-electron chi connectivity index (χ4n) is 3.52. The van der Waals surface area contributed by atoms with Crippen LogP contribution in [-0.4, -0.2) is 48.3 Å². The van der Waals surface area contributed by atoms with E-state index in [1.54, 1.807) is 0 Å². The maximum Gasteiger partial charge on any atom is 0.310 e. The third-order valence-corrected chi connectivity index (χ3v) is 4.71. The Morgan fingerprint density at radius 1 is 1.21 bits per heavy atom. The molecule has 1 aliphatic heterocycles. The first-order valence-electron chi connectivity index (χ1n) is 7.77. The lowest BCUT2D eigenvalue weighted by molar-refractivity contribution is -0.143. The molecule has 1 N–H and O–H groups in total. The molecule has 0 aromatic rings. The van der Waals surface area contributed by atoms with Gasteiger partial charge in [0.25, 0.3) is 0 Å². The number of carboxylic acid groups (broad SMARTS) is 1. The van der Waals surface area contributed by atoms with E-state index >= 15 is 0 Å². The van der Waals surface area contributed by atoms with Crippen molar-refractivity contribution in [1.29, 1.82) is 0 Å². The molecule has 0 amide bonds. The minimum Gasteiger partial charge on any atom is -0.481 e. The van der Waals surface area contributed by atoms with E-state index in [0.717, 1.165) is 19.0 Å². The first-order chi connectivity index (χ1) is 9.22. The molecule has 19 heavy (non-hydrogen) atoms. The van der Waals surface area contributed by atoms with E-state index in [1.807, 2.05) is 0 Å². The molecule has 2 aliphatic rings. The van der Waals surface area contributed by atoms with Gasteiger partial charge in [-0.3, -0.25) is 9.69 Å². The number of hydrogen-bond donors (Lipinski definition) is 1. The van der Waals surface area contributed by atoms with Gasteiger partial charge in [0.1, 0.15) is 0 Å². The molecule has 4 nitrogen and oxygen atoms in total. The van der Waals surface area contributed by atoms with Gasteiger partial charge in [-0.2, -0.15) is 0 Å². The second-order valence-corrected chi connectivity index (χ2v) is 5.99. The predicted molar refractivity (Wildman–Crippen MR) is 74.2 cm³/mol. The van der Waals surface area contributed by atoms with E-state index in [2.05, 4.69) is 11.8 Å². The molecule has 0 aromatic carbocycles. The van der Waals surface area contributed by atoms with Crippen molar-refractivity contribution in [3.63, 3.8) is 0 Å². The van der Waals surface area contributed by atoms with Crippen molar-refractivity contribution < 1.29 is 14.6 Å². The molecule has 2 fully saturated rings. The molecule has 2 unspecified atom stereocenters. The fraction of sp³-hybridized carbons (Fsp3) is 0.933. The number of rotatable bonds is 5. The van der Waals surface area contributed by atoms with Crippen LogP contribution < -0.4 is 0 Å². The largest absolute Gasteiger partial charge is 0.481 e. The molecule has 110 valence electrons. The lowest BCUT2D eigenvalue weighted by Gasteiger charge is -2.32. The van der Waals surface area contributed by atoms with Gasteiger partial charge in [0, 0.05) is 12.6 Å². The average Bonchev–Trinajstić information content (AvgIpc) is 2.74. The lowest BCUT2D eigenvalue weighted by Crippen LogP contribution is -2.45. The number of hydrogen-bond acceptors (Lipinski definition) is 3. The van der Waals surface area contributed by atoms with Gasteiger partial charge in [0.2, 0.25) is 0 Å². The zero-order valence-electron chi connectivity index (χ0n) is 12.0. The number of ether oxygens (including phenoxy) is 1. The summed E-state index contributed by atoms with van der Waals surface area (Å²) in [6.07, 6.45) is 8.03. The predicted octanol–water partition coefficient (Wildman–Crippen LogP) is 2.38. The Morgan fingerprint density at radius 2 is 1.89 bits per heavy atom. The number of likely N-dealkylation sites (N-methyl/N-ethyl adjacent to an activating group) is 1. The van der Waals surface area contributed by atoms with Crippen molar-refractivity contribution in [3.8, 4) is 0 Å². The van der Waals surface area contributed by atoms with Crippen LogP contribution in [0.25, 0.3) is 0 Å². The average molecular weight is 269 g/mol. The standard InChI is InChI=1S/C15H27NO3/c1-2-16(9-12-7-5-3-4-6-8-12)14-11-19-10-13(14)15(17)18/h12-14H,2-11H2,1H3,(H,17,18). The molecule has 0 radical (unpaired) electrons. The van der Waals surface area contributed by atoms with Crippen molar-refractivity contribution in [2.45, 2.75) is 51.5 Å². The maximum atomic E-state index is 11.3. The Balaban J connectivity index is 1.92. The Labute approximate surface area is 116 Å². The highest BCUT2D eigenvalue weighted by Crippen LogP contribution is 2.27. The maximum absolute atomic E-state index is 11.3. The van der Waals surface area contributed by atoms with Crippen LogP contribution in [0.2, 0.25) is 0 Å². The summed E-state index contributed by atoms with van der Waals surface area (Å²) in [7, 11) is 0. The van der Waals surface area contributed by atoms with Crippen LogP contribution in [0.1, 0.15) is 45.4 Å². The number of aliphatic carboxylic acids is 1. The topological polar surface area (TPSA) is 49.8 Å². The normalized spacial score (nSPS) is 29.6. The van der Waals surface area contributed by atoms with Gasteiger partial charge in [0.15, 0.2) is 0 Å². The first kappa shape index (κ1) is 14.8. The van der Waals surface area contributed by atoms with Crippen molar-refractivity contribution in [2.24, 2.45) is 11.8 Å². The minimum absolute atomic E-state index is 0.0748. The van der Waals surface area contributed by atoms with Crippen LogP contribution in [-0.2, 0) is 9.53 Å². The van der Waals surface area contributed by atoms with E-state index in [0.29, 0.717) is 13.2 Å². The van der Waals surface area contributed by atoms with Gasteiger partial charge in [-0.05, 0) is 25.3 Å². The Hall–Kier alpha value is -0.610. The smallest absolute Gasteiger partial charge is 0.310 e. The highest BCUT2D eigenvalue weighted by Gasteiger charge is 2.38. The van der Waals surface area contributed by atoms with Gasteiger partial charge in [-0.25, -0.2) is 0 Å². The van der Waals surface area contributed by atoms with E-state index in [1.165, 1.54) is 38.5 Å². The molecule has 2 rings (SSSR count). The molecule has 0 aromatic heterocycles. The van der Waals surface area contributed by atoms with Gasteiger partial charge in [-0.15, -0.1) is 0 Å². The van der Waals surface area contributed by atoms with Crippen molar-refractivity contribution >= 4 is 5.97 Å². The number of carboxylic acids is 1. The van der Waals surface area contributed by atoms with Crippen LogP contribution >= 0.6 is 0 Å². The summed E-state index contributed by atoms with van der Waals surface area (Å²) in [5, 5.41) is 9.27. The molecular formula is C15H27NO3. The third kappa shape index (κ3) is 3.93. The molecule has 0 spiro atoms. The van der Waals surface area contributed by atoms with Crippen molar-refractivity contribution in [3.05, 3.63) is 0 Å². The number of nitrogens with zero attached hydrogens (tertiary/aromatic N) is 1. The summed E-state index contributed by atoms with van der Waals surface area (Å²) in [4.78, 5) is 13.6. The summed E-state index contributed by atoms with van der Waals surface area (Å²) in [6, 6.07) is 0.0748. The summed E-state index contributed by atoms with van der Waals surface area (Å²) in [6.45, 7) is 5.06. The van der Waals surface area contributed by atoms with Gasteiger partial charge >= 0.3 is 5.97 Å². The molecule has 1 saturated heterocycles. The van der Waals surface area contributed by atoms with Crippen molar-refractivity contribution in [2.75, 3.05) is 26.3 Å². The van der Waals surface area contributed by atoms with Gasteiger partial charge < -0.3 is 9.84 Å². The fourth-order valence-corrected chi connectivity index (χ4v) is 3.52. The van der Waals surface area contributed by atoms with Crippen LogP contribution in [0.4, 0.5) is 0 Å². The molecule has 2 atom stereocenters. The Bertz CT molecular complexity index is 287. The summed E-state index contributed by atoms with van der Waals surface area (Å²) >= 11 is 0. The Morgan fingerprint density at radius 3 is 2.47 bits per heavy atom. The molecular weight excluding hydrogens is 242 g/mol. The molecule has 4 heteroatoms. The van der Waals surface area contributed by atoms with Crippen LogP contribution in [0.5, 0.6) is 0 Å². The quantitative estimate of drug-likeness (QED) is 0.779. The highest BCUT2D eigenvalue weighted by molar-refractivity contribution is 5.71. The molecule has 0 bridgehead atoms. The molecule has 1 aliphatic carbocycles. The monoisotopic (exact) mass is 269 g/mol. The number of carbonyl (C=O) groups is 1. The van der Waals surface area contributed by atoms with Crippen LogP contribution in [0.3, 0.4) is 0 Å². The zero-order valence-corrected chi connectivity index (χ0v) is 12.0. The third-order valence-electron chi connectivity index (χ3n) is 4.71. The van der Waals surface area contributed by atoms with Gasteiger partial charge in [0.05, 0.1) is 19.1 Å². The van der Waals surface area contributed by atoms with Crippen LogP contribution in [0, 0.1) is 11.8 Å². The summed E-state index contributed by atoms with van der Waals surface area (Å²) < 4.78 is 5.41. The highest BCUT2D eigenvalue weighted by atomic mass is 16.5.